The zero-order valence-electron chi connectivity index (χ0n) is 11.8. The van der Waals surface area contributed by atoms with Gasteiger partial charge in [-0.1, -0.05) is 33.1 Å². The van der Waals surface area contributed by atoms with Gasteiger partial charge in [0.05, 0.1) is 0 Å². The molecule has 2 rings (SSSR count). The monoisotopic (exact) mass is 238 g/mol. The first-order valence-corrected chi connectivity index (χ1v) is 7.79. The van der Waals surface area contributed by atoms with Crippen LogP contribution in [0.3, 0.4) is 0 Å². The molecule has 0 aromatic rings. The molecule has 1 N–H and O–H groups in total. The van der Waals surface area contributed by atoms with Crippen LogP contribution in [0.25, 0.3) is 0 Å². The fourth-order valence-electron chi connectivity index (χ4n) is 3.93. The van der Waals surface area contributed by atoms with Crippen LogP contribution < -0.4 is 5.32 Å². The molecule has 1 saturated carbocycles. The number of likely N-dealkylation sites (N-methyl/N-ethyl adjacent to an activating group) is 1. The topological polar surface area (TPSA) is 15.3 Å². The second-order valence-electron chi connectivity index (χ2n) is 6.06. The summed E-state index contributed by atoms with van der Waals surface area (Å²) in [6, 6.07) is 0.885. The Kier molecular flexibility index (Phi) is 4.87. The molecule has 2 heteroatoms. The zero-order valence-corrected chi connectivity index (χ0v) is 11.8. The van der Waals surface area contributed by atoms with Crippen molar-refractivity contribution >= 4 is 0 Å². The Hall–Kier alpha value is -0.0800. The van der Waals surface area contributed by atoms with Gasteiger partial charge in [-0.15, -0.1) is 0 Å². The lowest BCUT2D eigenvalue weighted by molar-refractivity contribution is 0.143. The second-order valence-corrected chi connectivity index (χ2v) is 6.06. The Morgan fingerprint density at radius 3 is 2.47 bits per heavy atom. The van der Waals surface area contributed by atoms with Crippen molar-refractivity contribution < 1.29 is 0 Å². The van der Waals surface area contributed by atoms with Gasteiger partial charge in [0, 0.05) is 18.1 Å². The number of hydrogen-bond donors (Lipinski definition) is 1. The highest BCUT2D eigenvalue weighted by molar-refractivity contribution is 4.96. The molecule has 2 fully saturated rings. The first kappa shape index (κ1) is 13.4. The molecule has 100 valence electrons. The third-order valence-electron chi connectivity index (χ3n) is 4.81. The Morgan fingerprint density at radius 1 is 1.18 bits per heavy atom. The van der Waals surface area contributed by atoms with E-state index < -0.39 is 0 Å². The van der Waals surface area contributed by atoms with E-state index in [0.717, 1.165) is 6.04 Å². The molecule has 0 amide bonds. The van der Waals surface area contributed by atoms with Crippen LogP contribution in [0.1, 0.15) is 65.2 Å². The highest BCUT2D eigenvalue weighted by Crippen LogP contribution is 2.30. The number of nitrogens with zero attached hydrogens (tertiary/aromatic N) is 1. The van der Waals surface area contributed by atoms with Crippen molar-refractivity contribution in [1.82, 2.24) is 10.2 Å². The van der Waals surface area contributed by atoms with Crippen LogP contribution in [0.5, 0.6) is 0 Å². The van der Waals surface area contributed by atoms with Crippen LogP contribution in [0.2, 0.25) is 0 Å². The fraction of sp³-hybridized carbons (Fsp3) is 1.00. The average Bonchev–Trinajstić information content (AvgIpc) is 2.97. The van der Waals surface area contributed by atoms with Crippen molar-refractivity contribution in [3.05, 3.63) is 0 Å². The molecule has 1 aliphatic carbocycles. The molecule has 1 unspecified atom stereocenters. The van der Waals surface area contributed by atoms with Gasteiger partial charge in [0.15, 0.2) is 0 Å². The van der Waals surface area contributed by atoms with Gasteiger partial charge in [-0.05, 0) is 45.2 Å². The molecule has 0 aromatic carbocycles. The summed E-state index contributed by atoms with van der Waals surface area (Å²) in [5, 5.41) is 3.82. The summed E-state index contributed by atoms with van der Waals surface area (Å²) < 4.78 is 0. The average molecular weight is 238 g/mol. The third-order valence-corrected chi connectivity index (χ3v) is 4.81. The molecule has 0 aromatic heterocycles. The van der Waals surface area contributed by atoms with Gasteiger partial charge in [0.25, 0.3) is 0 Å². The minimum Gasteiger partial charge on any atom is -0.310 e. The predicted molar refractivity (Wildman–Crippen MR) is 74.4 cm³/mol. The van der Waals surface area contributed by atoms with E-state index in [0.29, 0.717) is 5.54 Å². The maximum Gasteiger partial charge on any atom is 0.0309 e. The summed E-state index contributed by atoms with van der Waals surface area (Å²) in [4.78, 5) is 2.76. The Bertz CT molecular complexity index is 215. The first-order valence-electron chi connectivity index (χ1n) is 7.79. The molecule has 17 heavy (non-hydrogen) atoms. The molecular formula is C15H30N2. The zero-order chi connectivity index (χ0) is 12.1. The van der Waals surface area contributed by atoms with E-state index >= 15 is 0 Å². The van der Waals surface area contributed by atoms with Crippen LogP contribution in [-0.4, -0.2) is 36.1 Å². The highest BCUT2D eigenvalue weighted by Gasteiger charge is 2.35. The number of nitrogens with one attached hydrogen (secondary N) is 1. The largest absolute Gasteiger partial charge is 0.310 e. The van der Waals surface area contributed by atoms with Gasteiger partial charge in [-0.2, -0.15) is 0 Å². The van der Waals surface area contributed by atoms with E-state index in [-0.39, 0.29) is 0 Å². The molecular weight excluding hydrogens is 208 g/mol. The van der Waals surface area contributed by atoms with Crippen LogP contribution in [0.4, 0.5) is 0 Å². The van der Waals surface area contributed by atoms with Crippen LogP contribution in [0, 0.1) is 0 Å². The van der Waals surface area contributed by atoms with E-state index in [1.807, 2.05) is 0 Å². The summed E-state index contributed by atoms with van der Waals surface area (Å²) in [7, 11) is 0. The maximum absolute atomic E-state index is 3.82. The molecule has 2 aliphatic rings. The summed E-state index contributed by atoms with van der Waals surface area (Å²) in [5.74, 6) is 0. The quantitative estimate of drug-likeness (QED) is 0.764. The predicted octanol–water partition coefficient (Wildman–Crippen LogP) is 3.17. The van der Waals surface area contributed by atoms with Gasteiger partial charge in [0.2, 0.25) is 0 Å². The molecule has 0 spiro atoms. The molecule has 0 radical (unpaired) electrons. The highest BCUT2D eigenvalue weighted by atomic mass is 15.2. The van der Waals surface area contributed by atoms with Crippen molar-refractivity contribution in [2.75, 3.05) is 19.6 Å². The minimum absolute atomic E-state index is 0.452. The smallest absolute Gasteiger partial charge is 0.0309 e. The van der Waals surface area contributed by atoms with E-state index in [2.05, 4.69) is 24.1 Å². The van der Waals surface area contributed by atoms with Crippen LogP contribution in [-0.2, 0) is 0 Å². The second kappa shape index (κ2) is 6.19. The molecule has 1 atom stereocenters. The van der Waals surface area contributed by atoms with E-state index in [1.165, 1.54) is 71.0 Å². The molecule has 2 nitrogen and oxygen atoms in total. The normalized spacial score (nSPS) is 30.5. The van der Waals surface area contributed by atoms with Crippen molar-refractivity contribution in [2.24, 2.45) is 0 Å². The lowest BCUT2D eigenvalue weighted by Gasteiger charge is -2.38. The number of hydrogen-bond acceptors (Lipinski definition) is 2. The van der Waals surface area contributed by atoms with Crippen LogP contribution in [0.15, 0.2) is 0 Å². The van der Waals surface area contributed by atoms with Gasteiger partial charge >= 0.3 is 0 Å². The van der Waals surface area contributed by atoms with E-state index in [4.69, 9.17) is 0 Å². The third kappa shape index (κ3) is 3.23. The van der Waals surface area contributed by atoms with Crippen molar-refractivity contribution in [1.29, 1.82) is 0 Å². The summed E-state index contributed by atoms with van der Waals surface area (Å²) in [5.41, 5.74) is 0.452. The number of rotatable bonds is 6. The summed E-state index contributed by atoms with van der Waals surface area (Å²) >= 11 is 0. The lowest BCUT2D eigenvalue weighted by atomic mass is 9.90. The van der Waals surface area contributed by atoms with Gasteiger partial charge in [-0.25, -0.2) is 0 Å². The Morgan fingerprint density at radius 2 is 1.94 bits per heavy atom. The molecule has 1 aliphatic heterocycles. The fourth-order valence-corrected chi connectivity index (χ4v) is 3.93. The van der Waals surface area contributed by atoms with Crippen LogP contribution >= 0.6 is 0 Å². The Labute approximate surface area is 107 Å². The molecule has 1 saturated heterocycles. The van der Waals surface area contributed by atoms with Crippen molar-refractivity contribution in [3.8, 4) is 0 Å². The summed E-state index contributed by atoms with van der Waals surface area (Å²) in [6.45, 7) is 8.43. The van der Waals surface area contributed by atoms with Gasteiger partial charge in [-0.3, -0.25) is 4.90 Å². The van der Waals surface area contributed by atoms with Crippen molar-refractivity contribution in [2.45, 2.75) is 76.8 Å². The van der Waals surface area contributed by atoms with E-state index in [9.17, 15) is 0 Å². The maximum atomic E-state index is 3.82. The molecule has 0 bridgehead atoms. The van der Waals surface area contributed by atoms with E-state index in [1.54, 1.807) is 0 Å². The lowest BCUT2D eigenvalue weighted by Crippen LogP contribution is -2.52. The van der Waals surface area contributed by atoms with Crippen molar-refractivity contribution in [3.63, 3.8) is 0 Å². The summed E-state index contributed by atoms with van der Waals surface area (Å²) in [6.07, 6.45) is 11.2. The Balaban J connectivity index is 1.94. The molecule has 1 heterocycles. The first-order chi connectivity index (χ1) is 8.29. The van der Waals surface area contributed by atoms with Gasteiger partial charge < -0.3 is 5.32 Å². The van der Waals surface area contributed by atoms with Gasteiger partial charge in [0.1, 0.15) is 0 Å². The SMILES string of the molecule is CCCC1(CN(CC)C2CCCC2)CCCN1. The minimum atomic E-state index is 0.452. The standard InChI is InChI=1S/C15H30N2/c1-3-10-15(11-7-12-16-15)13-17(4-2)14-8-5-6-9-14/h14,16H,3-13H2,1-2H3.